The van der Waals surface area contributed by atoms with Crippen molar-refractivity contribution in [1.82, 2.24) is 10.3 Å². The molecule has 3 nitrogen and oxygen atoms in total. The van der Waals surface area contributed by atoms with E-state index in [1.165, 1.54) is 6.07 Å². The van der Waals surface area contributed by atoms with Gasteiger partial charge in [0.1, 0.15) is 5.82 Å². The molecule has 98 valence electrons. The monoisotopic (exact) mass is 258 g/mol. The summed E-state index contributed by atoms with van der Waals surface area (Å²) in [6.45, 7) is 0.423. The van der Waals surface area contributed by atoms with Crippen molar-refractivity contribution < 1.29 is 9.18 Å². The molecule has 0 fully saturated rings. The molecule has 1 aromatic heterocycles. The predicted molar refractivity (Wildman–Crippen MR) is 71.1 cm³/mol. The molecule has 1 heterocycles. The number of hydrogen-bond acceptors (Lipinski definition) is 2. The Kier molecular flexibility index (Phi) is 4.61. The maximum absolute atomic E-state index is 13.3. The minimum atomic E-state index is -0.235. The van der Waals surface area contributed by atoms with Gasteiger partial charge in [-0.05, 0) is 30.2 Å². The summed E-state index contributed by atoms with van der Waals surface area (Å²) in [5, 5.41) is 2.76. The Morgan fingerprint density at radius 1 is 1.16 bits per heavy atom. The fourth-order valence-electron chi connectivity index (χ4n) is 1.77. The van der Waals surface area contributed by atoms with Crippen molar-refractivity contribution in [3.05, 3.63) is 65.7 Å². The molecule has 0 aliphatic carbocycles. The van der Waals surface area contributed by atoms with Gasteiger partial charge in [-0.25, -0.2) is 4.39 Å². The smallest absolute Gasteiger partial charge is 0.226 e. The number of amides is 1. The largest absolute Gasteiger partial charge is 0.355 e. The van der Waals surface area contributed by atoms with Crippen LogP contribution in [-0.4, -0.2) is 17.4 Å². The molecule has 0 unspecified atom stereocenters. The number of rotatable bonds is 5. The van der Waals surface area contributed by atoms with Crippen LogP contribution in [0.4, 0.5) is 4.39 Å². The van der Waals surface area contributed by atoms with Crippen molar-refractivity contribution in [1.29, 1.82) is 0 Å². The first-order valence-corrected chi connectivity index (χ1v) is 6.16. The van der Waals surface area contributed by atoms with Gasteiger partial charge in [-0.2, -0.15) is 0 Å². The summed E-state index contributed by atoms with van der Waals surface area (Å²) in [5.41, 5.74) is 1.34. The van der Waals surface area contributed by atoms with Crippen LogP contribution in [0.15, 0.2) is 48.7 Å². The number of aromatic nitrogens is 1. The molecular formula is C15H15FN2O. The Labute approximate surface area is 111 Å². The number of nitrogens with one attached hydrogen (secondary N) is 1. The Bertz CT molecular complexity index is 543. The summed E-state index contributed by atoms with van der Waals surface area (Å²) in [7, 11) is 0. The number of benzene rings is 1. The summed E-state index contributed by atoms with van der Waals surface area (Å²) in [6.07, 6.45) is 2.39. The number of carbonyl (C=O) groups is 1. The van der Waals surface area contributed by atoms with Gasteiger partial charge in [0.05, 0.1) is 6.42 Å². The summed E-state index contributed by atoms with van der Waals surface area (Å²) in [4.78, 5) is 15.7. The second-order valence-electron chi connectivity index (χ2n) is 4.19. The van der Waals surface area contributed by atoms with Crippen LogP contribution in [0.1, 0.15) is 11.3 Å². The normalized spacial score (nSPS) is 10.2. The number of carbonyl (C=O) groups excluding carboxylic acids is 1. The van der Waals surface area contributed by atoms with Crippen LogP contribution in [-0.2, 0) is 17.6 Å². The molecule has 4 heteroatoms. The third-order valence-electron chi connectivity index (χ3n) is 2.74. The van der Waals surface area contributed by atoms with Crippen molar-refractivity contribution in [3.8, 4) is 0 Å². The molecule has 0 saturated heterocycles. The summed E-state index contributed by atoms with van der Waals surface area (Å²) >= 11 is 0. The van der Waals surface area contributed by atoms with Gasteiger partial charge < -0.3 is 5.32 Å². The molecule has 0 radical (unpaired) electrons. The Hall–Kier alpha value is -2.23. The Balaban J connectivity index is 1.77. The summed E-state index contributed by atoms with van der Waals surface area (Å²) in [5.74, 6) is -0.337. The van der Waals surface area contributed by atoms with E-state index in [2.05, 4.69) is 10.3 Å². The van der Waals surface area contributed by atoms with E-state index in [0.29, 0.717) is 18.5 Å². The van der Waals surface area contributed by atoms with E-state index in [9.17, 15) is 9.18 Å². The molecule has 0 atom stereocenters. The molecule has 0 bridgehead atoms. The first-order valence-electron chi connectivity index (χ1n) is 6.16. The van der Waals surface area contributed by atoms with E-state index in [0.717, 1.165) is 5.69 Å². The van der Waals surface area contributed by atoms with Gasteiger partial charge in [0, 0.05) is 18.4 Å². The molecule has 1 amide bonds. The fraction of sp³-hybridized carbons (Fsp3) is 0.200. The van der Waals surface area contributed by atoms with Gasteiger partial charge in [0.15, 0.2) is 0 Å². The van der Waals surface area contributed by atoms with E-state index < -0.39 is 0 Å². The standard InChI is InChI=1S/C15H15FN2O/c16-14-7-2-1-5-12(14)8-10-18-15(19)11-13-6-3-4-9-17-13/h1-7,9H,8,10-11H2,(H,18,19). The van der Waals surface area contributed by atoms with E-state index in [-0.39, 0.29) is 18.1 Å². The first kappa shape index (κ1) is 13.2. The van der Waals surface area contributed by atoms with E-state index >= 15 is 0 Å². The van der Waals surface area contributed by atoms with Crippen molar-refractivity contribution in [3.63, 3.8) is 0 Å². The minimum absolute atomic E-state index is 0.102. The van der Waals surface area contributed by atoms with Crippen LogP contribution in [0.25, 0.3) is 0 Å². The third-order valence-corrected chi connectivity index (χ3v) is 2.74. The summed E-state index contributed by atoms with van der Waals surface area (Å²) in [6, 6.07) is 12.0. The van der Waals surface area contributed by atoms with Gasteiger partial charge in [-0.1, -0.05) is 24.3 Å². The lowest BCUT2D eigenvalue weighted by Crippen LogP contribution is -2.27. The lowest BCUT2D eigenvalue weighted by atomic mass is 10.1. The molecule has 0 aliphatic heterocycles. The van der Waals surface area contributed by atoms with Crippen molar-refractivity contribution in [2.24, 2.45) is 0 Å². The zero-order chi connectivity index (χ0) is 13.5. The molecule has 19 heavy (non-hydrogen) atoms. The fourth-order valence-corrected chi connectivity index (χ4v) is 1.77. The second kappa shape index (κ2) is 6.64. The number of nitrogens with zero attached hydrogens (tertiary/aromatic N) is 1. The van der Waals surface area contributed by atoms with E-state index in [1.807, 2.05) is 6.07 Å². The lowest BCUT2D eigenvalue weighted by molar-refractivity contribution is -0.120. The average Bonchev–Trinajstić information content (AvgIpc) is 2.42. The SMILES string of the molecule is O=C(Cc1ccccn1)NCCc1ccccc1F. The third kappa shape index (κ3) is 4.17. The van der Waals surface area contributed by atoms with Gasteiger partial charge >= 0.3 is 0 Å². The van der Waals surface area contributed by atoms with Crippen LogP contribution < -0.4 is 5.32 Å². The highest BCUT2D eigenvalue weighted by Gasteiger charge is 2.05. The highest BCUT2D eigenvalue weighted by atomic mass is 19.1. The van der Waals surface area contributed by atoms with Gasteiger partial charge in [0.25, 0.3) is 0 Å². The predicted octanol–water partition coefficient (Wildman–Crippen LogP) is 2.12. The first-order chi connectivity index (χ1) is 9.25. The van der Waals surface area contributed by atoms with Crippen LogP contribution >= 0.6 is 0 Å². The average molecular weight is 258 g/mol. The maximum atomic E-state index is 13.3. The van der Waals surface area contributed by atoms with Gasteiger partial charge in [0.2, 0.25) is 5.91 Å². The molecule has 0 spiro atoms. The van der Waals surface area contributed by atoms with E-state index in [1.54, 1.807) is 36.5 Å². The molecule has 0 saturated carbocycles. The molecule has 2 aromatic rings. The summed E-state index contributed by atoms with van der Waals surface area (Å²) < 4.78 is 13.3. The van der Waals surface area contributed by atoms with Crippen LogP contribution in [0.2, 0.25) is 0 Å². The number of halogens is 1. The molecule has 0 aliphatic rings. The number of pyridine rings is 1. The van der Waals surface area contributed by atoms with Crippen LogP contribution in [0.3, 0.4) is 0 Å². The van der Waals surface area contributed by atoms with Gasteiger partial charge in [-0.3, -0.25) is 9.78 Å². The van der Waals surface area contributed by atoms with Crippen LogP contribution in [0.5, 0.6) is 0 Å². The zero-order valence-electron chi connectivity index (χ0n) is 10.5. The van der Waals surface area contributed by atoms with Crippen molar-refractivity contribution >= 4 is 5.91 Å². The molecule has 1 aromatic carbocycles. The minimum Gasteiger partial charge on any atom is -0.355 e. The lowest BCUT2D eigenvalue weighted by Gasteiger charge is -2.05. The highest BCUT2D eigenvalue weighted by molar-refractivity contribution is 5.78. The quantitative estimate of drug-likeness (QED) is 0.892. The molecular weight excluding hydrogens is 243 g/mol. The maximum Gasteiger partial charge on any atom is 0.226 e. The molecule has 1 N–H and O–H groups in total. The topological polar surface area (TPSA) is 42.0 Å². The Morgan fingerprint density at radius 3 is 2.68 bits per heavy atom. The number of hydrogen-bond donors (Lipinski definition) is 1. The van der Waals surface area contributed by atoms with Crippen molar-refractivity contribution in [2.45, 2.75) is 12.8 Å². The van der Waals surface area contributed by atoms with Crippen molar-refractivity contribution in [2.75, 3.05) is 6.54 Å². The Morgan fingerprint density at radius 2 is 1.95 bits per heavy atom. The van der Waals surface area contributed by atoms with Gasteiger partial charge in [-0.15, -0.1) is 0 Å². The van der Waals surface area contributed by atoms with Crippen LogP contribution in [0, 0.1) is 5.82 Å². The molecule has 2 rings (SSSR count). The highest BCUT2D eigenvalue weighted by Crippen LogP contribution is 2.06. The second-order valence-corrected chi connectivity index (χ2v) is 4.19. The van der Waals surface area contributed by atoms with E-state index in [4.69, 9.17) is 0 Å². The zero-order valence-corrected chi connectivity index (χ0v) is 10.5.